The Kier molecular flexibility index (Phi) is 5.41. The van der Waals surface area contributed by atoms with E-state index in [4.69, 9.17) is 0 Å². The molecule has 0 spiro atoms. The Hall–Kier alpha value is -4.21. The fourth-order valence-corrected chi connectivity index (χ4v) is 5.27. The normalized spacial score (nSPS) is 19.3. The number of H-pyrrole nitrogens is 1. The number of carbonyl (C=O) groups is 2. The van der Waals surface area contributed by atoms with Gasteiger partial charge >= 0.3 is 0 Å². The standard InChI is InChI=1S/C28H26FN7O2/c29-26-20(7-4-17(34-26)9-15-1-8-22(30-11-15)16-2-3-16)25(38)21-12-31-27-24(21)28(33-14-32-27)35-18-10-23(37)36(13-18)19-5-6-19/h1,4,7-8,11-12,14,16,18-19H,2-3,5-6,9-10,13H2,(H2,31,32,33,35). The molecule has 1 atom stereocenters. The van der Waals surface area contributed by atoms with E-state index in [9.17, 15) is 9.59 Å². The zero-order chi connectivity index (χ0) is 25.8. The van der Waals surface area contributed by atoms with E-state index in [2.05, 4.69) is 30.2 Å². The number of aromatic nitrogens is 5. The number of hydrogen-bond acceptors (Lipinski definition) is 7. The molecule has 7 rings (SSSR count). The van der Waals surface area contributed by atoms with E-state index < -0.39 is 11.7 Å². The van der Waals surface area contributed by atoms with Crippen LogP contribution in [0.4, 0.5) is 10.2 Å². The van der Waals surface area contributed by atoms with Crippen LogP contribution in [0.2, 0.25) is 0 Å². The molecule has 4 aromatic rings. The van der Waals surface area contributed by atoms with Crippen molar-refractivity contribution < 1.29 is 14.0 Å². The first kappa shape index (κ1) is 22.9. The van der Waals surface area contributed by atoms with E-state index in [1.54, 1.807) is 6.07 Å². The minimum absolute atomic E-state index is 0.121. The molecule has 2 aliphatic carbocycles. The van der Waals surface area contributed by atoms with E-state index in [1.165, 1.54) is 31.4 Å². The van der Waals surface area contributed by atoms with E-state index in [0.717, 1.165) is 24.1 Å². The number of anilines is 1. The Morgan fingerprint density at radius 1 is 1.08 bits per heavy atom. The van der Waals surface area contributed by atoms with Crippen LogP contribution in [0.3, 0.4) is 0 Å². The summed E-state index contributed by atoms with van der Waals surface area (Å²) in [5.74, 6) is -0.181. The second kappa shape index (κ2) is 8.97. The first-order chi connectivity index (χ1) is 18.5. The zero-order valence-corrected chi connectivity index (χ0v) is 20.7. The van der Waals surface area contributed by atoms with Gasteiger partial charge in [0.05, 0.1) is 22.6 Å². The molecule has 2 saturated carbocycles. The maximum absolute atomic E-state index is 15.1. The Morgan fingerprint density at radius 3 is 2.68 bits per heavy atom. The number of pyridine rings is 2. The highest BCUT2D eigenvalue weighted by atomic mass is 19.1. The first-order valence-corrected chi connectivity index (χ1v) is 13.1. The molecule has 4 aromatic heterocycles. The van der Waals surface area contributed by atoms with Crippen LogP contribution >= 0.6 is 0 Å². The number of nitrogens with one attached hydrogen (secondary N) is 2. The van der Waals surface area contributed by atoms with E-state index in [0.29, 0.717) is 53.9 Å². The van der Waals surface area contributed by atoms with Crippen LogP contribution in [0, 0.1) is 5.95 Å². The minimum Gasteiger partial charge on any atom is -0.364 e. The number of fused-ring (bicyclic) bond motifs is 1. The summed E-state index contributed by atoms with van der Waals surface area (Å²) in [4.78, 5) is 47.9. The second-order valence-electron chi connectivity index (χ2n) is 10.5. The van der Waals surface area contributed by atoms with E-state index >= 15 is 4.39 Å². The Balaban J connectivity index is 1.12. The van der Waals surface area contributed by atoms with Crippen molar-refractivity contribution in [3.05, 3.63) is 77.0 Å². The third kappa shape index (κ3) is 4.29. The van der Waals surface area contributed by atoms with Crippen LogP contribution in [0.25, 0.3) is 11.0 Å². The molecule has 3 aliphatic rings. The lowest BCUT2D eigenvalue weighted by atomic mass is 10.0. The number of rotatable bonds is 8. The van der Waals surface area contributed by atoms with Crippen LogP contribution in [-0.4, -0.2) is 60.1 Å². The monoisotopic (exact) mass is 511 g/mol. The molecular weight excluding hydrogens is 485 g/mol. The van der Waals surface area contributed by atoms with Gasteiger partial charge in [-0.15, -0.1) is 0 Å². The quantitative estimate of drug-likeness (QED) is 0.273. The van der Waals surface area contributed by atoms with E-state index in [-0.39, 0.29) is 23.1 Å². The minimum atomic E-state index is -0.822. The average Bonchev–Trinajstić information content (AvgIpc) is 3.85. The lowest BCUT2D eigenvalue weighted by Crippen LogP contribution is -2.30. The van der Waals surface area contributed by atoms with Crippen LogP contribution in [0.5, 0.6) is 0 Å². The van der Waals surface area contributed by atoms with Gasteiger partial charge in [0.15, 0.2) is 5.78 Å². The summed E-state index contributed by atoms with van der Waals surface area (Å²) >= 11 is 0. The molecular formula is C28H26FN7O2. The second-order valence-corrected chi connectivity index (χ2v) is 10.5. The van der Waals surface area contributed by atoms with Gasteiger partial charge in [0, 0.05) is 55.1 Å². The predicted octanol–water partition coefficient (Wildman–Crippen LogP) is 3.76. The summed E-state index contributed by atoms with van der Waals surface area (Å²) in [5.41, 5.74) is 3.15. The van der Waals surface area contributed by atoms with Gasteiger partial charge in [-0.25, -0.2) is 15.0 Å². The van der Waals surface area contributed by atoms with E-state index in [1.807, 2.05) is 23.2 Å². The number of amides is 1. The fraction of sp³-hybridized carbons (Fsp3) is 0.357. The highest BCUT2D eigenvalue weighted by Crippen LogP contribution is 2.38. The van der Waals surface area contributed by atoms with Crippen LogP contribution in [0.15, 0.2) is 43.0 Å². The van der Waals surface area contributed by atoms with Gasteiger partial charge in [0.25, 0.3) is 0 Å². The molecule has 9 nitrogen and oxygen atoms in total. The van der Waals surface area contributed by atoms with Crippen molar-refractivity contribution in [2.45, 2.75) is 56.5 Å². The van der Waals surface area contributed by atoms with Gasteiger partial charge in [0.2, 0.25) is 11.9 Å². The highest BCUT2D eigenvalue weighted by Gasteiger charge is 2.39. The van der Waals surface area contributed by atoms with Crippen LogP contribution in [0.1, 0.15) is 70.9 Å². The summed E-state index contributed by atoms with van der Waals surface area (Å²) in [6.07, 6.45) is 10.0. The van der Waals surface area contributed by atoms with Gasteiger partial charge in [-0.3, -0.25) is 14.6 Å². The zero-order valence-electron chi connectivity index (χ0n) is 20.7. The van der Waals surface area contributed by atoms with Gasteiger partial charge < -0.3 is 15.2 Å². The topological polar surface area (TPSA) is 117 Å². The van der Waals surface area contributed by atoms with Gasteiger partial charge in [-0.05, 0) is 49.4 Å². The van der Waals surface area contributed by atoms with Crippen molar-refractivity contribution in [2.75, 3.05) is 11.9 Å². The Morgan fingerprint density at radius 2 is 1.95 bits per heavy atom. The van der Waals surface area contributed by atoms with Crippen molar-refractivity contribution in [1.82, 2.24) is 29.8 Å². The number of aromatic amines is 1. The fourth-order valence-electron chi connectivity index (χ4n) is 5.27. The molecule has 5 heterocycles. The molecule has 0 aromatic carbocycles. The molecule has 1 amide bonds. The lowest BCUT2D eigenvalue weighted by molar-refractivity contribution is -0.128. The van der Waals surface area contributed by atoms with Crippen molar-refractivity contribution in [3.8, 4) is 0 Å². The third-order valence-corrected chi connectivity index (χ3v) is 7.58. The molecule has 2 N–H and O–H groups in total. The molecule has 1 saturated heterocycles. The van der Waals surface area contributed by atoms with Crippen LogP contribution < -0.4 is 5.32 Å². The van der Waals surface area contributed by atoms with Crippen LogP contribution in [-0.2, 0) is 11.2 Å². The molecule has 38 heavy (non-hydrogen) atoms. The molecule has 1 aliphatic heterocycles. The van der Waals surface area contributed by atoms with Crippen molar-refractivity contribution in [1.29, 1.82) is 0 Å². The third-order valence-electron chi connectivity index (χ3n) is 7.58. The highest BCUT2D eigenvalue weighted by molar-refractivity contribution is 6.18. The predicted molar refractivity (Wildman–Crippen MR) is 137 cm³/mol. The SMILES string of the molecule is O=C(c1ccc(Cc2ccc(C3CC3)nc2)nc1F)c1c[nH]c2ncnc(NC3CC(=O)N(C4CC4)C3)c12. The maximum Gasteiger partial charge on any atom is 0.225 e. The summed E-state index contributed by atoms with van der Waals surface area (Å²) in [6.45, 7) is 0.599. The summed E-state index contributed by atoms with van der Waals surface area (Å²) in [5, 5.41) is 3.80. The first-order valence-electron chi connectivity index (χ1n) is 13.1. The van der Waals surface area contributed by atoms with Crippen molar-refractivity contribution in [3.63, 3.8) is 0 Å². The largest absolute Gasteiger partial charge is 0.364 e. The number of halogens is 1. The molecule has 10 heteroatoms. The molecule has 1 unspecified atom stereocenters. The number of likely N-dealkylation sites (tertiary alicyclic amines) is 1. The lowest BCUT2D eigenvalue weighted by Gasteiger charge is -2.17. The number of ketones is 1. The summed E-state index contributed by atoms with van der Waals surface area (Å²) in [6, 6.07) is 7.40. The maximum atomic E-state index is 15.1. The van der Waals surface area contributed by atoms with Gasteiger partial charge in [-0.2, -0.15) is 4.39 Å². The number of nitrogens with zero attached hydrogens (tertiary/aromatic N) is 5. The molecule has 0 bridgehead atoms. The smallest absolute Gasteiger partial charge is 0.225 e. The van der Waals surface area contributed by atoms with Gasteiger partial charge in [0.1, 0.15) is 17.8 Å². The summed E-state index contributed by atoms with van der Waals surface area (Å²) < 4.78 is 15.1. The molecule has 3 fully saturated rings. The number of hydrogen-bond donors (Lipinski definition) is 2. The Labute approximate surface area is 217 Å². The Bertz CT molecular complexity index is 1560. The van der Waals surface area contributed by atoms with Crippen molar-refractivity contribution >= 4 is 28.5 Å². The number of carbonyl (C=O) groups excluding carboxylic acids is 2. The molecule has 0 radical (unpaired) electrons. The van der Waals surface area contributed by atoms with Crippen molar-refractivity contribution in [2.24, 2.45) is 0 Å². The van der Waals surface area contributed by atoms with Gasteiger partial charge in [-0.1, -0.05) is 6.07 Å². The molecule has 192 valence electrons. The summed E-state index contributed by atoms with van der Waals surface area (Å²) in [7, 11) is 0. The average molecular weight is 512 g/mol.